The van der Waals surface area contributed by atoms with Gasteiger partial charge in [0.2, 0.25) is 5.75 Å². The molecule has 0 saturated heterocycles. The van der Waals surface area contributed by atoms with Crippen molar-refractivity contribution in [2.75, 3.05) is 7.11 Å². The summed E-state index contributed by atoms with van der Waals surface area (Å²) in [4.78, 5) is 7.80. The number of halogens is 1. The number of methoxy groups -OCH3 is 1. The maximum atomic E-state index is 5.82. The fourth-order valence-corrected chi connectivity index (χ4v) is 1.44. The molecule has 0 aliphatic heterocycles. The molecule has 1 aliphatic rings. The van der Waals surface area contributed by atoms with E-state index in [1.54, 1.807) is 0 Å². The topological polar surface area (TPSA) is 44.2 Å². The van der Waals surface area contributed by atoms with E-state index >= 15 is 0 Å². The van der Waals surface area contributed by atoms with Crippen LogP contribution >= 0.6 is 11.6 Å². The fourth-order valence-electron chi connectivity index (χ4n) is 1.24. The lowest BCUT2D eigenvalue weighted by molar-refractivity contribution is 0.110. The molecule has 1 saturated carbocycles. The minimum Gasteiger partial charge on any atom is -0.489 e. The Labute approximate surface area is 87.2 Å². The first-order chi connectivity index (χ1) is 6.81. The molecule has 4 nitrogen and oxygen atoms in total. The van der Waals surface area contributed by atoms with E-state index in [9.17, 15) is 0 Å². The quantitative estimate of drug-likeness (QED) is 0.723. The van der Waals surface area contributed by atoms with E-state index in [-0.39, 0.29) is 11.3 Å². The lowest BCUT2D eigenvalue weighted by Crippen LogP contribution is -2.25. The van der Waals surface area contributed by atoms with Gasteiger partial charge in [-0.3, -0.25) is 0 Å². The molecule has 1 aromatic heterocycles. The van der Waals surface area contributed by atoms with Crippen LogP contribution in [0.4, 0.5) is 0 Å². The minimum atomic E-state index is 0.259. The van der Waals surface area contributed by atoms with Gasteiger partial charge < -0.3 is 9.47 Å². The molecule has 0 atom stereocenters. The van der Waals surface area contributed by atoms with Gasteiger partial charge in [0, 0.05) is 0 Å². The van der Waals surface area contributed by atoms with Gasteiger partial charge in [-0.1, -0.05) is 11.6 Å². The van der Waals surface area contributed by atoms with Crippen LogP contribution in [0.1, 0.15) is 19.3 Å². The van der Waals surface area contributed by atoms with Gasteiger partial charge in [0.1, 0.15) is 12.4 Å². The third-order valence-electron chi connectivity index (χ3n) is 2.26. The molecule has 5 heteroatoms. The summed E-state index contributed by atoms with van der Waals surface area (Å²) in [7, 11) is 1.53. The molecule has 0 bridgehead atoms. The largest absolute Gasteiger partial charge is 0.489 e. The number of nitrogens with zero attached hydrogens (tertiary/aromatic N) is 2. The molecule has 0 radical (unpaired) electrons. The first kappa shape index (κ1) is 9.52. The number of rotatable bonds is 3. The first-order valence-corrected chi connectivity index (χ1v) is 4.90. The van der Waals surface area contributed by atoms with Crippen LogP contribution in [0.2, 0.25) is 5.15 Å². The Kier molecular flexibility index (Phi) is 2.72. The Morgan fingerprint density at radius 2 is 2.21 bits per heavy atom. The van der Waals surface area contributed by atoms with E-state index < -0.39 is 0 Å². The van der Waals surface area contributed by atoms with Gasteiger partial charge in [0.25, 0.3) is 5.88 Å². The van der Waals surface area contributed by atoms with Gasteiger partial charge in [-0.05, 0) is 19.3 Å². The molecular weight excluding hydrogens is 204 g/mol. The summed E-state index contributed by atoms with van der Waals surface area (Å²) < 4.78 is 10.7. The fraction of sp³-hybridized carbons (Fsp3) is 0.556. The van der Waals surface area contributed by atoms with Crippen molar-refractivity contribution in [3.8, 4) is 11.6 Å². The summed E-state index contributed by atoms with van der Waals surface area (Å²) in [6.45, 7) is 0. The van der Waals surface area contributed by atoms with Crippen molar-refractivity contribution in [3.63, 3.8) is 0 Å². The molecule has 1 aliphatic carbocycles. The van der Waals surface area contributed by atoms with Crippen molar-refractivity contribution >= 4 is 11.6 Å². The van der Waals surface area contributed by atoms with Gasteiger partial charge in [0.05, 0.1) is 7.11 Å². The summed E-state index contributed by atoms with van der Waals surface area (Å²) in [5.41, 5.74) is 0. The van der Waals surface area contributed by atoms with E-state index in [4.69, 9.17) is 21.1 Å². The van der Waals surface area contributed by atoms with Crippen molar-refractivity contribution in [1.29, 1.82) is 0 Å². The Morgan fingerprint density at radius 3 is 2.79 bits per heavy atom. The molecule has 1 aromatic rings. The Balaban J connectivity index is 2.17. The normalized spacial score (nSPS) is 16.1. The van der Waals surface area contributed by atoms with Crippen molar-refractivity contribution in [2.24, 2.45) is 0 Å². The molecule has 1 heterocycles. The maximum Gasteiger partial charge on any atom is 0.262 e. The number of aromatic nitrogens is 2. The smallest absolute Gasteiger partial charge is 0.262 e. The first-order valence-electron chi connectivity index (χ1n) is 4.52. The molecule has 1 fully saturated rings. The highest BCUT2D eigenvalue weighted by Gasteiger charge is 2.22. The maximum absolute atomic E-state index is 5.82. The van der Waals surface area contributed by atoms with Crippen molar-refractivity contribution in [1.82, 2.24) is 9.97 Å². The molecule has 0 spiro atoms. The van der Waals surface area contributed by atoms with Crippen LogP contribution in [0.25, 0.3) is 0 Å². The van der Waals surface area contributed by atoms with Crippen LogP contribution in [0.3, 0.4) is 0 Å². The van der Waals surface area contributed by atoms with Crippen LogP contribution in [-0.2, 0) is 0 Å². The summed E-state index contributed by atoms with van der Waals surface area (Å²) in [6, 6.07) is 0. The predicted molar refractivity (Wildman–Crippen MR) is 51.9 cm³/mol. The van der Waals surface area contributed by atoms with E-state index in [1.807, 2.05) is 0 Å². The molecule has 0 unspecified atom stereocenters. The minimum absolute atomic E-state index is 0.259. The van der Waals surface area contributed by atoms with Gasteiger partial charge in [-0.15, -0.1) is 0 Å². The SMILES string of the molecule is COc1c(Cl)ncnc1OC1CCC1. The summed E-state index contributed by atoms with van der Waals surface area (Å²) in [5.74, 6) is 0.860. The second kappa shape index (κ2) is 4.00. The highest BCUT2D eigenvalue weighted by Crippen LogP contribution is 2.33. The highest BCUT2D eigenvalue weighted by atomic mass is 35.5. The second-order valence-electron chi connectivity index (χ2n) is 3.17. The van der Waals surface area contributed by atoms with E-state index in [0.29, 0.717) is 11.6 Å². The average Bonchev–Trinajstić information content (AvgIpc) is 2.11. The highest BCUT2D eigenvalue weighted by molar-refractivity contribution is 6.31. The molecule has 2 rings (SSSR count). The zero-order chi connectivity index (χ0) is 9.97. The Bertz CT molecular complexity index is 329. The van der Waals surface area contributed by atoms with Crippen molar-refractivity contribution in [2.45, 2.75) is 25.4 Å². The third kappa shape index (κ3) is 1.75. The van der Waals surface area contributed by atoms with Crippen molar-refractivity contribution in [3.05, 3.63) is 11.5 Å². The molecule has 14 heavy (non-hydrogen) atoms. The zero-order valence-electron chi connectivity index (χ0n) is 7.86. The van der Waals surface area contributed by atoms with E-state index in [1.165, 1.54) is 19.9 Å². The Morgan fingerprint density at radius 1 is 1.43 bits per heavy atom. The molecule has 0 aromatic carbocycles. The lowest BCUT2D eigenvalue weighted by Gasteiger charge is -2.26. The van der Waals surface area contributed by atoms with Crippen LogP contribution in [0.15, 0.2) is 6.33 Å². The van der Waals surface area contributed by atoms with Gasteiger partial charge >= 0.3 is 0 Å². The van der Waals surface area contributed by atoms with Gasteiger partial charge in [0.15, 0.2) is 5.15 Å². The van der Waals surface area contributed by atoms with Gasteiger partial charge in [-0.25, -0.2) is 4.98 Å². The van der Waals surface area contributed by atoms with Gasteiger partial charge in [-0.2, -0.15) is 4.98 Å². The second-order valence-corrected chi connectivity index (χ2v) is 3.53. The average molecular weight is 215 g/mol. The molecule has 76 valence electrons. The summed E-state index contributed by atoms with van der Waals surface area (Å²) in [5, 5.41) is 0.289. The summed E-state index contributed by atoms with van der Waals surface area (Å²) in [6.07, 6.45) is 5.00. The standard InChI is InChI=1S/C9H11ClN2O2/c1-13-7-8(10)11-5-12-9(7)14-6-3-2-4-6/h5-6H,2-4H2,1H3. The summed E-state index contributed by atoms with van der Waals surface area (Å²) >= 11 is 5.82. The number of ether oxygens (including phenoxy) is 2. The number of hydrogen-bond donors (Lipinski definition) is 0. The Hall–Kier alpha value is -1.03. The zero-order valence-corrected chi connectivity index (χ0v) is 8.62. The van der Waals surface area contributed by atoms with Crippen molar-refractivity contribution < 1.29 is 9.47 Å². The third-order valence-corrected chi connectivity index (χ3v) is 2.53. The lowest BCUT2D eigenvalue weighted by atomic mass is 9.96. The van der Waals surface area contributed by atoms with E-state index in [2.05, 4.69) is 9.97 Å². The van der Waals surface area contributed by atoms with E-state index in [0.717, 1.165) is 12.8 Å². The molecule has 0 amide bonds. The molecular formula is C9H11ClN2O2. The van der Waals surface area contributed by atoms with Crippen LogP contribution in [0.5, 0.6) is 11.6 Å². The van der Waals surface area contributed by atoms with Crippen LogP contribution in [0, 0.1) is 0 Å². The number of hydrogen-bond acceptors (Lipinski definition) is 4. The van der Waals surface area contributed by atoms with Crippen LogP contribution in [-0.4, -0.2) is 23.2 Å². The van der Waals surface area contributed by atoms with Crippen LogP contribution < -0.4 is 9.47 Å². The monoisotopic (exact) mass is 214 g/mol. The predicted octanol–water partition coefficient (Wildman–Crippen LogP) is 2.07. The molecule has 0 N–H and O–H groups in total.